The number of aromatic amines is 1. The van der Waals surface area contributed by atoms with Crippen molar-refractivity contribution < 1.29 is 4.79 Å². The van der Waals surface area contributed by atoms with E-state index in [1.807, 2.05) is 0 Å². The number of hydrogen-bond acceptors (Lipinski definition) is 1. The van der Waals surface area contributed by atoms with Crippen molar-refractivity contribution >= 4 is 16.8 Å². The highest BCUT2D eigenvalue weighted by Crippen LogP contribution is 2.33. The van der Waals surface area contributed by atoms with Gasteiger partial charge in [0.2, 0.25) is 5.91 Å². The number of H-pyrrole nitrogens is 1. The lowest BCUT2D eigenvalue weighted by Crippen LogP contribution is -2.38. The number of para-hydroxylation sites is 1. The Labute approximate surface area is 161 Å². The average Bonchev–Trinajstić information content (AvgIpc) is 3.16. The zero-order valence-electron chi connectivity index (χ0n) is 16.1. The number of aromatic nitrogens is 1. The standard InChI is InChI=1S/C24H28N2O/c1-2-18-7-9-19(10-8-18)11-12-24(27)26-15-13-20(14-16-26)22-17-25-23-6-4-3-5-21(22)23/h3-10,17,20,25H,2,11-16H2,1H3. The SMILES string of the molecule is CCc1ccc(CCC(=O)N2CCC(c3c[nH]c4ccccc34)CC2)cc1. The van der Waals surface area contributed by atoms with Crippen molar-refractivity contribution in [2.24, 2.45) is 0 Å². The Balaban J connectivity index is 1.31. The molecule has 1 N–H and O–H groups in total. The predicted molar refractivity (Wildman–Crippen MR) is 111 cm³/mol. The van der Waals surface area contributed by atoms with Crippen molar-refractivity contribution in [2.75, 3.05) is 13.1 Å². The molecule has 3 heteroatoms. The molecule has 1 saturated heterocycles. The summed E-state index contributed by atoms with van der Waals surface area (Å²) in [6, 6.07) is 17.2. The number of amides is 1. The summed E-state index contributed by atoms with van der Waals surface area (Å²) in [6.07, 6.45) is 6.78. The number of carbonyl (C=O) groups excluding carboxylic acids is 1. The molecule has 0 saturated carbocycles. The van der Waals surface area contributed by atoms with Crippen LogP contribution in [0.3, 0.4) is 0 Å². The monoisotopic (exact) mass is 360 g/mol. The van der Waals surface area contributed by atoms with Gasteiger partial charge in [-0.05, 0) is 54.4 Å². The normalized spacial score (nSPS) is 15.4. The third-order valence-corrected chi connectivity index (χ3v) is 5.97. The van der Waals surface area contributed by atoms with E-state index in [1.165, 1.54) is 27.6 Å². The van der Waals surface area contributed by atoms with Crippen molar-refractivity contribution in [1.82, 2.24) is 9.88 Å². The molecule has 27 heavy (non-hydrogen) atoms. The first-order chi connectivity index (χ1) is 13.2. The molecule has 4 rings (SSSR count). The van der Waals surface area contributed by atoms with Gasteiger partial charge in [0.05, 0.1) is 0 Å². The maximum atomic E-state index is 12.6. The lowest BCUT2D eigenvalue weighted by Gasteiger charge is -2.32. The van der Waals surface area contributed by atoms with Crippen molar-refractivity contribution in [3.05, 3.63) is 71.4 Å². The van der Waals surface area contributed by atoms with Gasteiger partial charge in [0.1, 0.15) is 0 Å². The predicted octanol–water partition coefficient (Wildman–Crippen LogP) is 5.07. The van der Waals surface area contributed by atoms with E-state index in [2.05, 4.69) is 71.5 Å². The van der Waals surface area contributed by atoms with Gasteiger partial charge in [-0.25, -0.2) is 0 Å². The molecule has 3 aromatic rings. The first kappa shape index (κ1) is 17.8. The summed E-state index contributed by atoms with van der Waals surface area (Å²) in [5.74, 6) is 0.846. The van der Waals surface area contributed by atoms with Crippen LogP contribution in [-0.4, -0.2) is 28.9 Å². The summed E-state index contributed by atoms with van der Waals surface area (Å²) >= 11 is 0. The summed E-state index contributed by atoms with van der Waals surface area (Å²) in [4.78, 5) is 18.1. The lowest BCUT2D eigenvalue weighted by atomic mass is 9.89. The highest BCUT2D eigenvalue weighted by molar-refractivity contribution is 5.83. The minimum atomic E-state index is 0.298. The quantitative estimate of drug-likeness (QED) is 0.677. The van der Waals surface area contributed by atoms with Gasteiger partial charge >= 0.3 is 0 Å². The Morgan fingerprint density at radius 2 is 1.74 bits per heavy atom. The Bertz CT molecular complexity index is 902. The van der Waals surface area contributed by atoms with Crippen LogP contribution >= 0.6 is 0 Å². The van der Waals surface area contributed by atoms with Gasteiger partial charge in [-0.3, -0.25) is 4.79 Å². The Kier molecular flexibility index (Phi) is 5.28. The van der Waals surface area contributed by atoms with Gasteiger partial charge in [-0.15, -0.1) is 0 Å². The van der Waals surface area contributed by atoms with Gasteiger partial charge in [0.15, 0.2) is 0 Å². The first-order valence-electron chi connectivity index (χ1n) is 10.2. The summed E-state index contributed by atoms with van der Waals surface area (Å²) < 4.78 is 0. The Morgan fingerprint density at radius 1 is 1.04 bits per heavy atom. The topological polar surface area (TPSA) is 36.1 Å². The van der Waals surface area contributed by atoms with Crippen molar-refractivity contribution in [3.8, 4) is 0 Å². The first-order valence-corrected chi connectivity index (χ1v) is 10.2. The molecule has 1 aliphatic rings. The van der Waals surface area contributed by atoms with Crippen molar-refractivity contribution in [3.63, 3.8) is 0 Å². The van der Waals surface area contributed by atoms with Crippen LogP contribution in [0, 0.1) is 0 Å². The number of nitrogens with zero attached hydrogens (tertiary/aromatic N) is 1. The average molecular weight is 361 g/mol. The smallest absolute Gasteiger partial charge is 0.222 e. The van der Waals surface area contributed by atoms with Gasteiger partial charge in [-0.2, -0.15) is 0 Å². The second-order valence-electron chi connectivity index (χ2n) is 7.61. The number of fused-ring (bicyclic) bond motifs is 1. The van der Waals surface area contributed by atoms with Crippen LogP contribution in [0.1, 0.15) is 48.8 Å². The van der Waals surface area contributed by atoms with E-state index < -0.39 is 0 Å². The molecule has 1 amide bonds. The highest BCUT2D eigenvalue weighted by Gasteiger charge is 2.25. The van der Waals surface area contributed by atoms with Gasteiger partial charge < -0.3 is 9.88 Å². The molecule has 2 aromatic carbocycles. The molecule has 140 valence electrons. The van der Waals surface area contributed by atoms with Crippen LogP contribution in [-0.2, 0) is 17.6 Å². The van der Waals surface area contributed by atoms with Crippen LogP contribution in [0.4, 0.5) is 0 Å². The molecule has 0 bridgehead atoms. The van der Waals surface area contributed by atoms with Crippen LogP contribution in [0.5, 0.6) is 0 Å². The van der Waals surface area contributed by atoms with Gasteiger partial charge in [0, 0.05) is 36.6 Å². The van der Waals surface area contributed by atoms with E-state index in [1.54, 1.807) is 0 Å². The molecule has 2 heterocycles. The second-order valence-corrected chi connectivity index (χ2v) is 7.61. The Morgan fingerprint density at radius 3 is 2.48 bits per heavy atom. The van der Waals surface area contributed by atoms with Crippen LogP contribution < -0.4 is 0 Å². The van der Waals surface area contributed by atoms with Crippen molar-refractivity contribution in [2.45, 2.75) is 44.9 Å². The molecule has 0 unspecified atom stereocenters. The molecule has 1 aliphatic heterocycles. The number of aryl methyl sites for hydroxylation is 2. The van der Waals surface area contributed by atoms with Crippen LogP contribution in [0.2, 0.25) is 0 Å². The summed E-state index contributed by atoms with van der Waals surface area (Å²) in [5.41, 5.74) is 5.23. The molecule has 0 radical (unpaired) electrons. The van der Waals surface area contributed by atoms with E-state index in [-0.39, 0.29) is 0 Å². The molecule has 3 nitrogen and oxygen atoms in total. The van der Waals surface area contributed by atoms with E-state index in [0.717, 1.165) is 38.8 Å². The number of benzene rings is 2. The lowest BCUT2D eigenvalue weighted by molar-refractivity contribution is -0.132. The third-order valence-electron chi connectivity index (χ3n) is 5.97. The number of carbonyl (C=O) groups is 1. The molecule has 1 fully saturated rings. The third kappa shape index (κ3) is 3.92. The number of hydrogen-bond donors (Lipinski definition) is 1. The second kappa shape index (κ2) is 7.99. The largest absolute Gasteiger partial charge is 0.361 e. The molecular weight excluding hydrogens is 332 g/mol. The molecule has 1 aromatic heterocycles. The zero-order chi connectivity index (χ0) is 18.6. The van der Waals surface area contributed by atoms with Gasteiger partial charge in [-0.1, -0.05) is 49.4 Å². The molecule has 0 spiro atoms. The fourth-order valence-corrected chi connectivity index (χ4v) is 4.22. The molecule has 0 aliphatic carbocycles. The maximum Gasteiger partial charge on any atom is 0.222 e. The molecular formula is C24H28N2O. The van der Waals surface area contributed by atoms with Crippen LogP contribution in [0.25, 0.3) is 10.9 Å². The number of nitrogens with one attached hydrogen (secondary N) is 1. The number of rotatable bonds is 5. The van der Waals surface area contributed by atoms with E-state index >= 15 is 0 Å². The summed E-state index contributed by atoms with van der Waals surface area (Å²) in [7, 11) is 0. The minimum Gasteiger partial charge on any atom is -0.361 e. The summed E-state index contributed by atoms with van der Waals surface area (Å²) in [6.45, 7) is 3.91. The van der Waals surface area contributed by atoms with Crippen molar-refractivity contribution in [1.29, 1.82) is 0 Å². The Hall–Kier alpha value is -2.55. The van der Waals surface area contributed by atoms with E-state index in [4.69, 9.17) is 0 Å². The summed E-state index contributed by atoms with van der Waals surface area (Å²) in [5, 5.41) is 1.33. The number of piperidine rings is 1. The van der Waals surface area contributed by atoms with Gasteiger partial charge in [0.25, 0.3) is 0 Å². The maximum absolute atomic E-state index is 12.6. The van der Waals surface area contributed by atoms with Crippen LogP contribution in [0.15, 0.2) is 54.7 Å². The highest BCUT2D eigenvalue weighted by atomic mass is 16.2. The fourth-order valence-electron chi connectivity index (χ4n) is 4.22. The minimum absolute atomic E-state index is 0.298. The number of likely N-dealkylation sites (tertiary alicyclic amines) is 1. The zero-order valence-corrected chi connectivity index (χ0v) is 16.1. The van der Waals surface area contributed by atoms with E-state index in [0.29, 0.717) is 18.2 Å². The van der Waals surface area contributed by atoms with E-state index in [9.17, 15) is 4.79 Å². The fraction of sp³-hybridized carbons (Fsp3) is 0.375. The molecule has 0 atom stereocenters.